The average Bonchev–Trinajstić information content (AvgIpc) is 2.71. The highest BCUT2D eigenvalue weighted by atomic mass is 16.5. The van der Waals surface area contributed by atoms with E-state index >= 15 is 0 Å². The number of hydrogen-bond donors (Lipinski definition) is 1. The fourth-order valence-corrected chi connectivity index (χ4v) is 3.09. The topological polar surface area (TPSA) is 77.1 Å². The number of fused-ring (bicyclic) bond motifs is 1. The lowest BCUT2D eigenvalue weighted by molar-refractivity contribution is -0.125. The molecule has 0 spiro atoms. The second kappa shape index (κ2) is 9.32. The average molecular weight is 398 g/mol. The van der Waals surface area contributed by atoms with E-state index in [-0.39, 0.29) is 18.4 Å². The van der Waals surface area contributed by atoms with Gasteiger partial charge in [0, 0.05) is 18.3 Å². The zero-order valence-electron chi connectivity index (χ0n) is 16.9. The zero-order chi connectivity index (χ0) is 20.8. The van der Waals surface area contributed by atoms with Gasteiger partial charge in [-0.3, -0.25) is 9.59 Å². The summed E-state index contributed by atoms with van der Waals surface area (Å²) >= 11 is 0. The Hall–Kier alpha value is -3.22. The Bertz CT molecular complexity index is 866. The molecule has 1 unspecified atom stereocenters. The molecule has 3 rings (SSSR count). The molecular formula is C22H26N2O5. The van der Waals surface area contributed by atoms with Crippen LogP contribution in [0.5, 0.6) is 17.2 Å². The number of carbonyl (C=O) groups excluding carboxylic acids is 2. The van der Waals surface area contributed by atoms with E-state index < -0.39 is 6.10 Å². The molecule has 0 saturated heterocycles. The first-order valence-electron chi connectivity index (χ1n) is 9.79. The Morgan fingerprint density at radius 2 is 1.79 bits per heavy atom. The van der Waals surface area contributed by atoms with Crippen LogP contribution < -0.4 is 24.4 Å². The van der Waals surface area contributed by atoms with E-state index in [1.807, 2.05) is 13.8 Å². The van der Waals surface area contributed by atoms with E-state index in [9.17, 15) is 9.59 Å². The van der Waals surface area contributed by atoms with Crippen LogP contribution in [0.4, 0.5) is 11.4 Å². The summed E-state index contributed by atoms with van der Waals surface area (Å²) in [5.41, 5.74) is 1.31. The Morgan fingerprint density at radius 1 is 1.10 bits per heavy atom. The maximum atomic E-state index is 12.3. The zero-order valence-corrected chi connectivity index (χ0v) is 16.9. The molecule has 2 aromatic rings. The molecule has 29 heavy (non-hydrogen) atoms. The quantitative estimate of drug-likeness (QED) is 0.735. The standard InChI is InChI=1S/C22H26N2O5/c1-4-12-24-19-11-6-16(13-20(19)29-15(3)22(24)26)23-21(25)14-28-18-9-7-17(8-10-18)27-5-2/h6-11,13,15H,4-5,12,14H2,1-3H3,(H,23,25). The molecule has 7 heteroatoms. The summed E-state index contributed by atoms with van der Waals surface area (Å²) in [6.45, 7) is 6.76. The third kappa shape index (κ3) is 4.99. The van der Waals surface area contributed by atoms with Crippen molar-refractivity contribution in [3.63, 3.8) is 0 Å². The fraction of sp³-hybridized carbons (Fsp3) is 0.364. The van der Waals surface area contributed by atoms with Crippen LogP contribution in [0.1, 0.15) is 27.2 Å². The maximum absolute atomic E-state index is 12.3. The summed E-state index contributed by atoms with van der Waals surface area (Å²) in [5.74, 6) is 1.57. The summed E-state index contributed by atoms with van der Waals surface area (Å²) < 4.78 is 16.6. The summed E-state index contributed by atoms with van der Waals surface area (Å²) in [6.07, 6.45) is 0.294. The molecule has 0 aromatic heterocycles. The number of benzene rings is 2. The number of carbonyl (C=O) groups is 2. The highest BCUT2D eigenvalue weighted by molar-refractivity contribution is 6.00. The molecule has 1 aliphatic rings. The van der Waals surface area contributed by atoms with E-state index in [4.69, 9.17) is 14.2 Å². The highest BCUT2D eigenvalue weighted by Gasteiger charge is 2.31. The second-order valence-corrected chi connectivity index (χ2v) is 6.67. The molecule has 2 amide bonds. The molecule has 154 valence electrons. The lowest BCUT2D eigenvalue weighted by atomic mass is 10.1. The van der Waals surface area contributed by atoms with Crippen molar-refractivity contribution in [3.8, 4) is 17.2 Å². The van der Waals surface area contributed by atoms with Gasteiger partial charge in [0.2, 0.25) is 0 Å². The first-order chi connectivity index (χ1) is 14.0. The van der Waals surface area contributed by atoms with Crippen molar-refractivity contribution in [3.05, 3.63) is 42.5 Å². The van der Waals surface area contributed by atoms with Gasteiger partial charge in [-0.05, 0) is 56.7 Å². The predicted molar refractivity (Wildman–Crippen MR) is 111 cm³/mol. The molecule has 0 radical (unpaired) electrons. The minimum absolute atomic E-state index is 0.0557. The normalized spacial score (nSPS) is 15.3. The SMILES string of the molecule is CCCN1C(=O)C(C)Oc2cc(NC(=O)COc3ccc(OCC)cc3)ccc21. The van der Waals surface area contributed by atoms with Gasteiger partial charge < -0.3 is 24.4 Å². The monoisotopic (exact) mass is 398 g/mol. The van der Waals surface area contributed by atoms with E-state index in [1.165, 1.54) is 0 Å². The minimum Gasteiger partial charge on any atom is -0.494 e. The maximum Gasteiger partial charge on any atom is 0.267 e. The third-order valence-corrected chi connectivity index (χ3v) is 4.40. The van der Waals surface area contributed by atoms with Gasteiger partial charge in [-0.1, -0.05) is 6.92 Å². The number of ether oxygens (including phenoxy) is 3. The summed E-state index contributed by atoms with van der Waals surface area (Å²) in [7, 11) is 0. The lowest BCUT2D eigenvalue weighted by Gasteiger charge is -2.33. The first-order valence-corrected chi connectivity index (χ1v) is 9.79. The molecule has 0 aliphatic carbocycles. The number of rotatable bonds is 8. The molecule has 1 atom stereocenters. The van der Waals surface area contributed by atoms with Gasteiger partial charge >= 0.3 is 0 Å². The molecular weight excluding hydrogens is 372 g/mol. The van der Waals surface area contributed by atoms with Crippen molar-refractivity contribution in [1.82, 2.24) is 0 Å². The molecule has 0 bridgehead atoms. The first kappa shape index (κ1) is 20.5. The van der Waals surface area contributed by atoms with Crippen molar-refractivity contribution in [2.24, 2.45) is 0 Å². The fourth-order valence-electron chi connectivity index (χ4n) is 3.09. The Kier molecular flexibility index (Phi) is 6.59. The highest BCUT2D eigenvalue weighted by Crippen LogP contribution is 2.36. The molecule has 7 nitrogen and oxygen atoms in total. The van der Waals surface area contributed by atoms with Crippen LogP contribution in [0.25, 0.3) is 0 Å². The van der Waals surface area contributed by atoms with Gasteiger partial charge in [-0.25, -0.2) is 0 Å². The van der Waals surface area contributed by atoms with E-state index in [0.29, 0.717) is 30.3 Å². The minimum atomic E-state index is -0.553. The van der Waals surface area contributed by atoms with Gasteiger partial charge in [0.15, 0.2) is 12.7 Å². The number of amides is 2. The van der Waals surface area contributed by atoms with Gasteiger partial charge in [0.1, 0.15) is 17.2 Å². The Balaban J connectivity index is 1.61. The number of nitrogens with zero attached hydrogens (tertiary/aromatic N) is 1. The second-order valence-electron chi connectivity index (χ2n) is 6.67. The number of nitrogens with one attached hydrogen (secondary N) is 1. The van der Waals surface area contributed by atoms with Gasteiger partial charge in [-0.15, -0.1) is 0 Å². The molecule has 1 aliphatic heterocycles. The summed E-state index contributed by atoms with van der Waals surface area (Å²) in [4.78, 5) is 26.3. The van der Waals surface area contributed by atoms with Crippen LogP contribution in [0.3, 0.4) is 0 Å². The van der Waals surface area contributed by atoms with Crippen LogP contribution >= 0.6 is 0 Å². The van der Waals surface area contributed by atoms with E-state index in [2.05, 4.69) is 5.32 Å². The van der Waals surface area contributed by atoms with Crippen molar-refractivity contribution in [2.45, 2.75) is 33.3 Å². The van der Waals surface area contributed by atoms with Gasteiger partial charge in [0.05, 0.1) is 12.3 Å². The van der Waals surface area contributed by atoms with Crippen LogP contribution in [0.15, 0.2) is 42.5 Å². The van der Waals surface area contributed by atoms with Crippen molar-refractivity contribution in [2.75, 3.05) is 30.0 Å². The molecule has 1 heterocycles. The molecule has 2 aromatic carbocycles. The van der Waals surface area contributed by atoms with E-state index in [1.54, 1.807) is 54.3 Å². The Morgan fingerprint density at radius 3 is 2.45 bits per heavy atom. The number of hydrogen-bond acceptors (Lipinski definition) is 5. The summed E-state index contributed by atoms with van der Waals surface area (Å²) in [6, 6.07) is 12.4. The lowest BCUT2D eigenvalue weighted by Crippen LogP contribution is -2.44. The smallest absolute Gasteiger partial charge is 0.267 e. The Labute approximate surface area is 170 Å². The van der Waals surface area contributed by atoms with E-state index in [0.717, 1.165) is 17.9 Å². The van der Waals surface area contributed by atoms with Crippen LogP contribution in [-0.4, -0.2) is 37.7 Å². The van der Waals surface area contributed by atoms with Gasteiger partial charge in [0.25, 0.3) is 11.8 Å². The van der Waals surface area contributed by atoms with Crippen molar-refractivity contribution < 1.29 is 23.8 Å². The molecule has 1 N–H and O–H groups in total. The van der Waals surface area contributed by atoms with Crippen LogP contribution in [-0.2, 0) is 9.59 Å². The predicted octanol–water partition coefficient (Wildman–Crippen LogP) is 3.63. The van der Waals surface area contributed by atoms with Crippen LogP contribution in [0.2, 0.25) is 0 Å². The third-order valence-electron chi connectivity index (χ3n) is 4.40. The van der Waals surface area contributed by atoms with Crippen molar-refractivity contribution in [1.29, 1.82) is 0 Å². The molecule has 0 fully saturated rings. The van der Waals surface area contributed by atoms with Gasteiger partial charge in [-0.2, -0.15) is 0 Å². The van der Waals surface area contributed by atoms with Crippen LogP contribution in [0, 0.1) is 0 Å². The van der Waals surface area contributed by atoms with Crippen molar-refractivity contribution >= 4 is 23.2 Å². The molecule has 0 saturated carbocycles. The number of anilines is 2. The summed E-state index contributed by atoms with van der Waals surface area (Å²) in [5, 5.41) is 2.79. The largest absolute Gasteiger partial charge is 0.494 e.